The largest absolute Gasteiger partial charge is 0.292 e. The Bertz CT molecular complexity index is 402. The lowest BCUT2D eigenvalue weighted by molar-refractivity contribution is -0.117. The molecule has 0 aliphatic heterocycles. The Labute approximate surface area is 113 Å². The zero-order valence-electron chi connectivity index (χ0n) is 10.3. The predicted octanol–water partition coefficient (Wildman–Crippen LogP) is 4.45. The summed E-state index contributed by atoms with van der Waals surface area (Å²) in [7, 11) is 0. The van der Waals surface area contributed by atoms with Crippen molar-refractivity contribution in [3.05, 3.63) is 29.3 Å². The number of hydrogen-bond acceptors (Lipinski definition) is 1. The standard InChI is InChI=1S/C13H17Cl2NO/c1-4-13(15,5-2)16(10(3)17)12-9-7-6-8-11(12)14/h6-9H,4-5H2,1-3H3. The first-order valence-corrected chi connectivity index (χ1v) is 6.46. The molecule has 1 aromatic rings. The normalized spacial score (nSPS) is 11.4. The summed E-state index contributed by atoms with van der Waals surface area (Å²) >= 11 is 12.7. The minimum absolute atomic E-state index is 0.100. The van der Waals surface area contributed by atoms with Crippen LogP contribution in [-0.2, 0) is 4.79 Å². The second kappa shape index (κ2) is 5.74. The Balaban J connectivity index is 3.28. The van der Waals surface area contributed by atoms with Crippen molar-refractivity contribution in [2.24, 2.45) is 0 Å². The minimum Gasteiger partial charge on any atom is -0.292 e. The van der Waals surface area contributed by atoms with Gasteiger partial charge in [0.1, 0.15) is 5.00 Å². The lowest BCUT2D eigenvalue weighted by Crippen LogP contribution is -2.46. The summed E-state index contributed by atoms with van der Waals surface area (Å²) < 4.78 is 0. The van der Waals surface area contributed by atoms with Crippen LogP contribution in [-0.4, -0.2) is 10.9 Å². The number of rotatable bonds is 4. The smallest absolute Gasteiger partial charge is 0.225 e. The first-order valence-electron chi connectivity index (χ1n) is 5.70. The van der Waals surface area contributed by atoms with Gasteiger partial charge in [-0.05, 0) is 25.0 Å². The second-order valence-electron chi connectivity index (χ2n) is 3.93. The molecule has 0 N–H and O–H groups in total. The molecule has 0 saturated heterocycles. The number of amides is 1. The molecule has 0 aromatic heterocycles. The van der Waals surface area contributed by atoms with Gasteiger partial charge < -0.3 is 0 Å². The van der Waals surface area contributed by atoms with E-state index in [1.165, 1.54) is 6.92 Å². The first-order chi connectivity index (χ1) is 7.96. The molecule has 0 aliphatic carbocycles. The van der Waals surface area contributed by atoms with Gasteiger partial charge >= 0.3 is 0 Å². The summed E-state index contributed by atoms with van der Waals surface area (Å²) in [5, 5.41) is 0.537. The second-order valence-corrected chi connectivity index (χ2v) is 5.04. The number of para-hydroxylation sites is 1. The molecule has 1 rings (SSSR count). The van der Waals surface area contributed by atoms with Gasteiger partial charge in [0, 0.05) is 6.92 Å². The third-order valence-corrected chi connectivity index (χ3v) is 3.92. The molecule has 0 heterocycles. The van der Waals surface area contributed by atoms with Crippen LogP contribution >= 0.6 is 23.2 Å². The van der Waals surface area contributed by atoms with Crippen LogP contribution in [0.1, 0.15) is 33.6 Å². The van der Waals surface area contributed by atoms with Gasteiger partial charge in [-0.1, -0.05) is 49.2 Å². The monoisotopic (exact) mass is 273 g/mol. The van der Waals surface area contributed by atoms with E-state index in [2.05, 4.69) is 0 Å². The van der Waals surface area contributed by atoms with Crippen molar-refractivity contribution in [2.75, 3.05) is 4.90 Å². The van der Waals surface area contributed by atoms with Crippen LogP contribution in [0.5, 0.6) is 0 Å². The van der Waals surface area contributed by atoms with Gasteiger partial charge in [-0.2, -0.15) is 0 Å². The third kappa shape index (κ3) is 2.93. The fourth-order valence-corrected chi connectivity index (χ4v) is 2.30. The van der Waals surface area contributed by atoms with Crippen molar-refractivity contribution >= 4 is 34.8 Å². The molecule has 0 fully saturated rings. The van der Waals surface area contributed by atoms with Crippen molar-refractivity contribution in [3.63, 3.8) is 0 Å². The topological polar surface area (TPSA) is 20.3 Å². The average Bonchev–Trinajstić information content (AvgIpc) is 2.31. The van der Waals surface area contributed by atoms with E-state index < -0.39 is 5.00 Å². The van der Waals surface area contributed by atoms with E-state index in [4.69, 9.17) is 23.2 Å². The van der Waals surface area contributed by atoms with E-state index in [0.717, 1.165) is 0 Å². The average molecular weight is 274 g/mol. The zero-order valence-corrected chi connectivity index (χ0v) is 11.8. The molecular weight excluding hydrogens is 257 g/mol. The Hall–Kier alpha value is -0.730. The molecule has 2 nitrogen and oxygen atoms in total. The number of carbonyl (C=O) groups excluding carboxylic acids is 1. The minimum atomic E-state index is -0.711. The van der Waals surface area contributed by atoms with Crippen LogP contribution in [0.4, 0.5) is 5.69 Å². The van der Waals surface area contributed by atoms with E-state index in [1.807, 2.05) is 32.0 Å². The highest BCUT2D eigenvalue weighted by Gasteiger charge is 2.35. The zero-order chi connectivity index (χ0) is 13.1. The lowest BCUT2D eigenvalue weighted by Gasteiger charge is -2.37. The molecule has 0 spiro atoms. The molecule has 0 unspecified atom stereocenters. The summed E-state index contributed by atoms with van der Waals surface area (Å²) in [6, 6.07) is 7.25. The summed E-state index contributed by atoms with van der Waals surface area (Å²) in [5.41, 5.74) is 0.667. The van der Waals surface area contributed by atoms with Crippen LogP contribution in [0.2, 0.25) is 5.02 Å². The summed E-state index contributed by atoms with van der Waals surface area (Å²) in [5.74, 6) is -0.100. The molecule has 0 bridgehead atoms. The Morgan fingerprint density at radius 3 is 2.24 bits per heavy atom. The lowest BCUT2D eigenvalue weighted by atomic mass is 10.1. The van der Waals surface area contributed by atoms with Crippen molar-refractivity contribution in [2.45, 2.75) is 38.6 Å². The van der Waals surface area contributed by atoms with E-state index >= 15 is 0 Å². The Morgan fingerprint density at radius 2 is 1.82 bits per heavy atom. The number of anilines is 1. The van der Waals surface area contributed by atoms with E-state index in [-0.39, 0.29) is 5.91 Å². The van der Waals surface area contributed by atoms with Crippen molar-refractivity contribution < 1.29 is 4.79 Å². The summed E-state index contributed by atoms with van der Waals surface area (Å²) in [6.45, 7) is 5.43. The maximum atomic E-state index is 11.8. The van der Waals surface area contributed by atoms with Gasteiger partial charge in [-0.3, -0.25) is 9.69 Å². The van der Waals surface area contributed by atoms with E-state index in [9.17, 15) is 4.79 Å². The SMILES string of the molecule is CCC(Cl)(CC)N(C(C)=O)c1ccccc1Cl. The van der Waals surface area contributed by atoms with Crippen molar-refractivity contribution in [1.82, 2.24) is 0 Å². The molecule has 0 radical (unpaired) electrons. The summed E-state index contributed by atoms with van der Waals surface area (Å²) in [6.07, 6.45) is 1.33. The number of nitrogens with zero attached hydrogens (tertiary/aromatic N) is 1. The fourth-order valence-electron chi connectivity index (χ4n) is 1.87. The van der Waals surface area contributed by atoms with Crippen molar-refractivity contribution in [3.8, 4) is 0 Å². The highest BCUT2D eigenvalue weighted by atomic mass is 35.5. The van der Waals surface area contributed by atoms with E-state index in [1.54, 1.807) is 11.0 Å². The van der Waals surface area contributed by atoms with Gasteiger partial charge in [0.15, 0.2) is 0 Å². The van der Waals surface area contributed by atoms with Crippen LogP contribution in [0, 0.1) is 0 Å². The van der Waals surface area contributed by atoms with Crippen LogP contribution in [0.15, 0.2) is 24.3 Å². The maximum absolute atomic E-state index is 11.8. The number of carbonyl (C=O) groups is 1. The van der Waals surface area contributed by atoms with Gasteiger partial charge in [0.2, 0.25) is 5.91 Å². The summed E-state index contributed by atoms with van der Waals surface area (Å²) in [4.78, 5) is 12.7. The quantitative estimate of drug-likeness (QED) is 0.586. The molecule has 17 heavy (non-hydrogen) atoms. The van der Waals surface area contributed by atoms with Crippen LogP contribution in [0.25, 0.3) is 0 Å². The molecular formula is C13H17Cl2NO. The third-order valence-electron chi connectivity index (χ3n) is 2.89. The fraction of sp³-hybridized carbons (Fsp3) is 0.462. The Morgan fingerprint density at radius 1 is 1.29 bits per heavy atom. The van der Waals surface area contributed by atoms with Crippen LogP contribution < -0.4 is 4.90 Å². The molecule has 94 valence electrons. The number of alkyl halides is 1. The highest BCUT2D eigenvalue weighted by Crippen LogP contribution is 2.37. The molecule has 1 aromatic carbocycles. The molecule has 0 saturated carbocycles. The molecule has 1 amide bonds. The van der Waals surface area contributed by atoms with E-state index in [0.29, 0.717) is 23.6 Å². The number of halogens is 2. The van der Waals surface area contributed by atoms with Crippen LogP contribution in [0.3, 0.4) is 0 Å². The first kappa shape index (κ1) is 14.3. The number of benzene rings is 1. The Kier molecular flexibility index (Phi) is 4.84. The maximum Gasteiger partial charge on any atom is 0.225 e. The van der Waals surface area contributed by atoms with Gasteiger partial charge in [-0.25, -0.2) is 0 Å². The molecule has 0 atom stereocenters. The van der Waals surface area contributed by atoms with Crippen molar-refractivity contribution in [1.29, 1.82) is 0 Å². The number of hydrogen-bond donors (Lipinski definition) is 0. The molecule has 0 aliphatic rings. The molecule has 4 heteroatoms. The van der Waals surface area contributed by atoms with Gasteiger partial charge in [0.25, 0.3) is 0 Å². The predicted molar refractivity (Wildman–Crippen MR) is 73.8 cm³/mol. The van der Waals surface area contributed by atoms with Gasteiger partial charge in [-0.15, -0.1) is 0 Å². The van der Waals surface area contributed by atoms with Gasteiger partial charge in [0.05, 0.1) is 10.7 Å². The highest BCUT2D eigenvalue weighted by molar-refractivity contribution is 6.35.